The van der Waals surface area contributed by atoms with Crippen LogP contribution >= 0.6 is 15.9 Å². The first-order valence-electron chi connectivity index (χ1n) is 7.60. The molecule has 124 valence electrons. The van der Waals surface area contributed by atoms with Gasteiger partial charge in [-0.05, 0) is 23.3 Å². The minimum absolute atomic E-state index is 0.184. The fourth-order valence-electron chi connectivity index (χ4n) is 2.84. The first-order valence-corrected chi connectivity index (χ1v) is 8.40. The smallest absolute Gasteiger partial charge is 0.331 e. The third-order valence-electron chi connectivity index (χ3n) is 4.02. The van der Waals surface area contributed by atoms with Crippen LogP contribution < -0.4 is 0 Å². The van der Waals surface area contributed by atoms with Gasteiger partial charge in [0.1, 0.15) is 0 Å². The molecule has 5 heteroatoms. The molecule has 1 fully saturated rings. The van der Waals surface area contributed by atoms with Crippen molar-refractivity contribution in [1.82, 2.24) is 0 Å². The summed E-state index contributed by atoms with van der Waals surface area (Å²) >= 11 is 3.37. The van der Waals surface area contributed by atoms with E-state index in [1.807, 2.05) is 30.3 Å². The number of cyclic esters (lactones) is 2. The topological polar surface area (TPSA) is 52.6 Å². The third-order valence-corrected chi connectivity index (χ3v) is 4.55. The van der Waals surface area contributed by atoms with E-state index in [1.54, 1.807) is 38.1 Å². The molecular weight excluding hydrogens is 372 g/mol. The van der Waals surface area contributed by atoms with Gasteiger partial charge in [0, 0.05) is 24.7 Å². The van der Waals surface area contributed by atoms with Crippen LogP contribution in [-0.2, 0) is 30.9 Å². The minimum Gasteiger partial charge on any atom is -0.422 e. The maximum absolute atomic E-state index is 12.9. The second-order valence-electron chi connectivity index (χ2n) is 6.25. The van der Waals surface area contributed by atoms with Gasteiger partial charge >= 0.3 is 11.9 Å². The van der Waals surface area contributed by atoms with E-state index in [9.17, 15) is 9.59 Å². The number of halogens is 1. The minimum atomic E-state index is -1.50. The Labute approximate surface area is 148 Å². The Kier molecular flexibility index (Phi) is 4.22. The van der Waals surface area contributed by atoms with Crippen LogP contribution in [0.25, 0.3) is 0 Å². The van der Waals surface area contributed by atoms with Crippen LogP contribution in [0.2, 0.25) is 0 Å². The average Bonchev–Trinajstić information content (AvgIpc) is 2.52. The summed E-state index contributed by atoms with van der Waals surface area (Å²) in [4.78, 5) is 25.8. The molecule has 0 aromatic heterocycles. The zero-order chi connectivity index (χ0) is 17.4. The molecule has 2 aromatic carbocycles. The lowest BCUT2D eigenvalue weighted by Crippen LogP contribution is -2.57. The van der Waals surface area contributed by atoms with Gasteiger partial charge in [0.25, 0.3) is 5.79 Å². The van der Waals surface area contributed by atoms with Gasteiger partial charge in [-0.1, -0.05) is 58.4 Å². The van der Waals surface area contributed by atoms with Crippen molar-refractivity contribution < 1.29 is 19.1 Å². The molecule has 0 saturated carbocycles. The van der Waals surface area contributed by atoms with Gasteiger partial charge in [-0.15, -0.1) is 0 Å². The number of carbonyl (C=O) groups excluding carboxylic acids is 2. The fourth-order valence-corrected chi connectivity index (χ4v) is 3.11. The van der Waals surface area contributed by atoms with Gasteiger partial charge in [0.05, 0.1) is 0 Å². The van der Waals surface area contributed by atoms with Crippen LogP contribution in [0.5, 0.6) is 0 Å². The molecule has 4 nitrogen and oxygen atoms in total. The largest absolute Gasteiger partial charge is 0.422 e. The van der Waals surface area contributed by atoms with Gasteiger partial charge in [-0.3, -0.25) is 9.59 Å². The van der Waals surface area contributed by atoms with E-state index in [2.05, 4.69) is 15.9 Å². The van der Waals surface area contributed by atoms with Gasteiger partial charge in [0.2, 0.25) is 0 Å². The zero-order valence-electron chi connectivity index (χ0n) is 13.4. The SMILES string of the molecule is CC1(C)OC(=O)C(Cc2ccccc2)(c2ccc(Br)cc2)C(=O)O1. The number of hydrogen-bond donors (Lipinski definition) is 0. The van der Waals surface area contributed by atoms with Crippen LogP contribution in [0.15, 0.2) is 59.1 Å². The van der Waals surface area contributed by atoms with Crippen LogP contribution in [0.1, 0.15) is 25.0 Å². The van der Waals surface area contributed by atoms with Crippen molar-refractivity contribution in [2.75, 3.05) is 0 Å². The molecule has 0 atom stereocenters. The highest BCUT2D eigenvalue weighted by atomic mass is 79.9. The van der Waals surface area contributed by atoms with E-state index in [1.165, 1.54) is 0 Å². The van der Waals surface area contributed by atoms with Crippen LogP contribution in [0.4, 0.5) is 0 Å². The van der Waals surface area contributed by atoms with E-state index in [0.717, 1.165) is 10.0 Å². The zero-order valence-corrected chi connectivity index (χ0v) is 15.0. The average molecular weight is 389 g/mol. The fraction of sp³-hybridized carbons (Fsp3) is 0.263. The van der Waals surface area contributed by atoms with Crippen molar-refractivity contribution in [2.45, 2.75) is 31.5 Å². The lowest BCUT2D eigenvalue weighted by molar-refractivity contribution is -0.243. The van der Waals surface area contributed by atoms with E-state index in [0.29, 0.717) is 5.56 Å². The Morgan fingerprint density at radius 3 is 1.96 bits per heavy atom. The number of hydrogen-bond acceptors (Lipinski definition) is 4. The lowest BCUT2D eigenvalue weighted by atomic mass is 9.74. The molecular formula is C19H17BrO4. The monoisotopic (exact) mass is 388 g/mol. The molecule has 1 saturated heterocycles. The highest BCUT2D eigenvalue weighted by Gasteiger charge is 2.57. The summed E-state index contributed by atoms with van der Waals surface area (Å²) in [6, 6.07) is 16.5. The molecule has 24 heavy (non-hydrogen) atoms. The summed E-state index contributed by atoms with van der Waals surface area (Å²) in [5.74, 6) is -2.44. The maximum atomic E-state index is 12.9. The Bertz CT molecular complexity index is 746. The summed E-state index contributed by atoms with van der Waals surface area (Å²) in [7, 11) is 0. The second kappa shape index (κ2) is 6.06. The normalized spacial score (nSPS) is 18.6. The predicted octanol–water partition coefficient (Wildman–Crippen LogP) is 3.77. The van der Waals surface area contributed by atoms with Crippen molar-refractivity contribution in [3.8, 4) is 0 Å². The molecule has 0 bridgehead atoms. The molecule has 1 aliphatic rings. The molecule has 0 spiro atoms. The van der Waals surface area contributed by atoms with Crippen LogP contribution in [0, 0.1) is 0 Å². The van der Waals surface area contributed by atoms with Crippen molar-refractivity contribution in [1.29, 1.82) is 0 Å². The molecule has 0 radical (unpaired) electrons. The summed E-state index contributed by atoms with van der Waals surface area (Å²) in [6.45, 7) is 3.10. The van der Waals surface area contributed by atoms with E-state index >= 15 is 0 Å². The Hall–Kier alpha value is -2.14. The van der Waals surface area contributed by atoms with E-state index < -0.39 is 23.1 Å². The van der Waals surface area contributed by atoms with E-state index in [-0.39, 0.29) is 6.42 Å². The Morgan fingerprint density at radius 2 is 1.42 bits per heavy atom. The summed E-state index contributed by atoms with van der Waals surface area (Å²) < 4.78 is 11.7. The Balaban J connectivity index is 2.12. The van der Waals surface area contributed by atoms with Crippen LogP contribution in [-0.4, -0.2) is 17.7 Å². The number of ether oxygens (including phenoxy) is 2. The van der Waals surface area contributed by atoms with E-state index in [4.69, 9.17) is 9.47 Å². The molecule has 0 N–H and O–H groups in total. The van der Waals surface area contributed by atoms with Gasteiger partial charge < -0.3 is 9.47 Å². The number of esters is 2. The van der Waals surface area contributed by atoms with Gasteiger partial charge in [-0.2, -0.15) is 0 Å². The van der Waals surface area contributed by atoms with Gasteiger partial charge in [-0.25, -0.2) is 0 Å². The standard InChI is InChI=1S/C19H17BrO4/c1-18(2)23-16(21)19(17(22)24-18,12-13-6-4-3-5-7-13)14-8-10-15(20)11-9-14/h3-11H,12H2,1-2H3. The highest BCUT2D eigenvalue weighted by Crippen LogP contribution is 2.38. The van der Waals surface area contributed by atoms with Crippen molar-refractivity contribution in [3.05, 3.63) is 70.2 Å². The quantitative estimate of drug-likeness (QED) is 0.593. The summed E-state index contributed by atoms with van der Waals surface area (Å²) in [6.07, 6.45) is 0.184. The molecule has 0 aliphatic carbocycles. The first kappa shape index (κ1) is 16.7. The van der Waals surface area contributed by atoms with Crippen molar-refractivity contribution in [3.63, 3.8) is 0 Å². The number of rotatable bonds is 3. The molecule has 1 aliphatic heterocycles. The summed E-state index contributed by atoms with van der Waals surface area (Å²) in [5, 5.41) is 0. The molecule has 0 amide bonds. The van der Waals surface area contributed by atoms with Crippen molar-refractivity contribution >= 4 is 27.9 Å². The second-order valence-corrected chi connectivity index (χ2v) is 7.17. The molecule has 1 heterocycles. The van der Waals surface area contributed by atoms with Crippen molar-refractivity contribution in [2.24, 2.45) is 0 Å². The van der Waals surface area contributed by atoms with Gasteiger partial charge in [0.15, 0.2) is 5.41 Å². The number of carbonyl (C=O) groups is 2. The highest BCUT2D eigenvalue weighted by molar-refractivity contribution is 9.10. The first-order chi connectivity index (χ1) is 11.3. The third kappa shape index (κ3) is 2.96. The summed E-state index contributed by atoms with van der Waals surface area (Å²) in [5.41, 5.74) is -0.0912. The predicted molar refractivity (Wildman–Crippen MR) is 92.2 cm³/mol. The molecule has 3 rings (SSSR count). The Morgan fingerprint density at radius 1 is 0.875 bits per heavy atom. The maximum Gasteiger partial charge on any atom is 0.331 e. The number of benzene rings is 2. The molecule has 2 aromatic rings. The molecule has 0 unspecified atom stereocenters. The lowest BCUT2D eigenvalue weighted by Gasteiger charge is -2.40. The van der Waals surface area contributed by atoms with Crippen LogP contribution in [0.3, 0.4) is 0 Å².